The summed E-state index contributed by atoms with van der Waals surface area (Å²) < 4.78 is 5.22. The third-order valence-corrected chi connectivity index (χ3v) is 2.75. The van der Waals surface area contributed by atoms with Crippen molar-refractivity contribution in [2.24, 2.45) is 0 Å². The van der Waals surface area contributed by atoms with E-state index in [1.807, 2.05) is 19.1 Å². The lowest BCUT2D eigenvalue weighted by molar-refractivity contribution is 0.420. The number of fused-ring (bicyclic) bond motifs is 1. The Morgan fingerprint density at radius 3 is 2.60 bits per heavy atom. The van der Waals surface area contributed by atoms with Crippen LogP contribution >= 0.6 is 23.2 Å². The van der Waals surface area contributed by atoms with Crippen LogP contribution in [0.2, 0.25) is 10.0 Å². The van der Waals surface area contributed by atoms with Gasteiger partial charge in [0.25, 0.3) is 0 Å². The SMILES string of the molecule is COc1c(Cl)cc(Cl)c2nc(C)ccc12. The summed E-state index contributed by atoms with van der Waals surface area (Å²) in [6.07, 6.45) is 0. The van der Waals surface area contributed by atoms with Gasteiger partial charge in [-0.05, 0) is 25.1 Å². The fourth-order valence-corrected chi connectivity index (χ4v) is 2.10. The monoisotopic (exact) mass is 241 g/mol. The van der Waals surface area contributed by atoms with Crippen LogP contribution in [-0.4, -0.2) is 12.1 Å². The molecule has 15 heavy (non-hydrogen) atoms. The Bertz CT molecular complexity index is 525. The van der Waals surface area contributed by atoms with Gasteiger partial charge in [-0.15, -0.1) is 0 Å². The summed E-state index contributed by atoms with van der Waals surface area (Å²) in [5.41, 5.74) is 1.63. The van der Waals surface area contributed by atoms with Gasteiger partial charge < -0.3 is 4.74 Å². The molecule has 0 aliphatic rings. The smallest absolute Gasteiger partial charge is 0.146 e. The molecule has 0 atom stereocenters. The number of aryl methyl sites for hydroxylation is 1. The van der Waals surface area contributed by atoms with E-state index in [-0.39, 0.29) is 0 Å². The van der Waals surface area contributed by atoms with Crippen LogP contribution in [-0.2, 0) is 0 Å². The summed E-state index contributed by atoms with van der Waals surface area (Å²) in [6, 6.07) is 5.46. The Morgan fingerprint density at radius 2 is 1.93 bits per heavy atom. The second-order valence-corrected chi connectivity index (χ2v) is 4.04. The van der Waals surface area contributed by atoms with Gasteiger partial charge in [0.15, 0.2) is 0 Å². The van der Waals surface area contributed by atoms with Crippen LogP contribution in [0, 0.1) is 6.92 Å². The highest BCUT2D eigenvalue weighted by Gasteiger charge is 2.11. The molecule has 0 unspecified atom stereocenters. The highest BCUT2D eigenvalue weighted by atomic mass is 35.5. The number of nitrogens with zero attached hydrogens (tertiary/aromatic N) is 1. The zero-order valence-corrected chi connectivity index (χ0v) is 9.86. The maximum absolute atomic E-state index is 6.06. The third-order valence-electron chi connectivity index (χ3n) is 2.18. The van der Waals surface area contributed by atoms with Crippen molar-refractivity contribution >= 4 is 34.1 Å². The van der Waals surface area contributed by atoms with Crippen LogP contribution in [0.25, 0.3) is 10.9 Å². The summed E-state index contributed by atoms with van der Waals surface area (Å²) in [4.78, 5) is 4.35. The van der Waals surface area contributed by atoms with Crippen molar-refractivity contribution in [3.63, 3.8) is 0 Å². The zero-order valence-electron chi connectivity index (χ0n) is 8.34. The fraction of sp³-hybridized carbons (Fsp3) is 0.182. The van der Waals surface area contributed by atoms with Crippen LogP contribution in [0.1, 0.15) is 5.69 Å². The second-order valence-electron chi connectivity index (χ2n) is 3.22. The minimum atomic E-state index is 0.501. The van der Waals surface area contributed by atoms with Crippen LogP contribution in [0.4, 0.5) is 0 Å². The molecule has 0 saturated carbocycles. The highest BCUT2D eigenvalue weighted by Crippen LogP contribution is 2.36. The standard InChI is InChI=1S/C11H9Cl2NO/c1-6-3-4-7-10(14-6)8(12)5-9(13)11(7)15-2/h3-5H,1-2H3. The predicted molar refractivity (Wildman–Crippen MR) is 63.1 cm³/mol. The fourth-order valence-electron chi connectivity index (χ4n) is 1.50. The maximum atomic E-state index is 6.06. The molecule has 4 heteroatoms. The van der Waals surface area contributed by atoms with Gasteiger partial charge in [0.05, 0.1) is 22.7 Å². The molecule has 78 valence electrons. The summed E-state index contributed by atoms with van der Waals surface area (Å²) in [7, 11) is 1.58. The quantitative estimate of drug-likeness (QED) is 0.757. The number of rotatable bonds is 1. The number of hydrogen-bond acceptors (Lipinski definition) is 2. The van der Waals surface area contributed by atoms with Crippen molar-refractivity contribution in [3.8, 4) is 5.75 Å². The first-order valence-electron chi connectivity index (χ1n) is 4.43. The number of benzene rings is 1. The van der Waals surface area contributed by atoms with Crippen molar-refractivity contribution < 1.29 is 4.74 Å². The zero-order chi connectivity index (χ0) is 11.0. The molecule has 2 nitrogen and oxygen atoms in total. The van der Waals surface area contributed by atoms with Crippen molar-refractivity contribution in [1.82, 2.24) is 4.98 Å². The van der Waals surface area contributed by atoms with E-state index in [1.54, 1.807) is 13.2 Å². The van der Waals surface area contributed by atoms with E-state index in [1.165, 1.54) is 0 Å². The Hall–Kier alpha value is -0.990. The molecule has 0 spiro atoms. The van der Waals surface area contributed by atoms with Crippen molar-refractivity contribution in [2.45, 2.75) is 6.92 Å². The first-order chi connectivity index (χ1) is 7.13. The third kappa shape index (κ3) is 1.75. The Morgan fingerprint density at radius 1 is 1.20 bits per heavy atom. The first kappa shape index (κ1) is 10.5. The second kappa shape index (κ2) is 3.87. The van der Waals surface area contributed by atoms with Gasteiger partial charge in [-0.25, -0.2) is 0 Å². The van der Waals surface area contributed by atoms with Gasteiger partial charge in [0, 0.05) is 11.1 Å². The van der Waals surface area contributed by atoms with Gasteiger partial charge in [-0.2, -0.15) is 0 Å². The predicted octanol–water partition coefficient (Wildman–Crippen LogP) is 3.86. The van der Waals surface area contributed by atoms with Crippen molar-refractivity contribution in [3.05, 3.63) is 33.9 Å². The van der Waals surface area contributed by atoms with Crippen LogP contribution < -0.4 is 4.74 Å². The number of halogens is 2. The molecule has 0 bridgehead atoms. The summed E-state index contributed by atoms with van der Waals surface area (Å²) in [5.74, 6) is 0.614. The molecule has 0 aliphatic heterocycles. The maximum Gasteiger partial charge on any atom is 0.146 e. The van der Waals surface area contributed by atoms with Gasteiger partial charge >= 0.3 is 0 Å². The van der Waals surface area contributed by atoms with E-state index < -0.39 is 0 Å². The number of hydrogen-bond donors (Lipinski definition) is 0. The first-order valence-corrected chi connectivity index (χ1v) is 5.18. The Labute approximate surface area is 97.8 Å². The van der Waals surface area contributed by atoms with Gasteiger partial charge in [0.1, 0.15) is 5.75 Å². The molecule has 0 fully saturated rings. The van der Waals surface area contributed by atoms with Gasteiger partial charge in [-0.3, -0.25) is 4.98 Å². The molecule has 0 amide bonds. The minimum Gasteiger partial charge on any atom is -0.494 e. The lowest BCUT2D eigenvalue weighted by Crippen LogP contribution is -1.90. The molecule has 0 aliphatic carbocycles. The molecule has 0 N–H and O–H groups in total. The Kier molecular flexibility index (Phi) is 2.72. The van der Waals surface area contributed by atoms with E-state index in [4.69, 9.17) is 27.9 Å². The molecule has 0 saturated heterocycles. The largest absolute Gasteiger partial charge is 0.494 e. The Balaban J connectivity index is 2.90. The summed E-state index contributed by atoms with van der Waals surface area (Å²) in [5, 5.41) is 1.88. The number of ether oxygens (including phenoxy) is 1. The van der Waals surface area contributed by atoms with E-state index in [0.717, 1.165) is 16.6 Å². The minimum absolute atomic E-state index is 0.501. The molecular weight excluding hydrogens is 233 g/mol. The molecule has 1 aromatic carbocycles. The highest BCUT2D eigenvalue weighted by molar-refractivity contribution is 6.39. The molecule has 2 rings (SSSR count). The van der Waals surface area contributed by atoms with Crippen LogP contribution in [0.3, 0.4) is 0 Å². The summed E-state index contributed by atoms with van der Waals surface area (Å²) >= 11 is 12.1. The molecule has 1 heterocycles. The molecule has 0 radical (unpaired) electrons. The molecule has 2 aromatic rings. The van der Waals surface area contributed by atoms with Crippen molar-refractivity contribution in [1.29, 1.82) is 0 Å². The lowest BCUT2D eigenvalue weighted by atomic mass is 10.2. The average molecular weight is 242 g/mol. The van der Waals surface area contributed by atoms with Crippen LogP contribution in [0.5, 0.6) is 5.75 Å². The van der Waals surface area contributed by atoms with Gasteiger partial charge in [-0.1, -0.05) is 23.2 Å². The van der Waals surface area contributed by atoms with E-state index in [0.29, 0.717) is 15.8 Å². The topological polar surface area (TPSA) is 22.1 Å². The van der Waals surface area contributed by atoms with Gasteiger partial charge in [0.2, 0.25) is 0 Å². The average Bonchev–Trinajstić information content (AvgIpc) is 2.19. The van der Waals surface area contributed by atoms with Crippen LogP contribution in [0.15, 0.2) is 18.2 Å². The number of methoxy groups -OCH3 is 1. The normalized spacial score (nSPS) is 10.7. The van der Waals surface area contributed by atoms with E-state index in [2.05, 4.69) is 4.98 Å². The van der Waals surface area contributed by atoms with E-state index >= 15 is 0 Å². The lowest BCUT2D eigenvalue weighted by Gasteiger charge is -2.08. The van der Waals surface area contributed by atoms with Crippen molar-refractivity contribution in [2.75, 3.05) is 7.11 Å². The number of pyridine rings is 1. The number of aromatic nitrogens is 1. The van der Waals surface area contributed by atoms with E-state index in [9.17, 15) is 0 Å². The summed E-state index contributed by atoms with van der Waals surface area (Å²) in [6.45, 7) is 1.91. The molecular formula is C11H9Cl2NO. The molecule has 1 aromatic heterocycles.